The van der Waals surface area contributed by atoms with E-state index in [1.165, 1.54) is 37.0 Å². The van der Waals surface area contributed by atoms with Crippen LogP contribution in [0.15, 0.2) is 29.2 Å². The highest BCUT2D eigenvalue weighted by atomic mass is 32.2. The quantitative estimate of drug-likeness (QED) is 0.586. The highest BCUT2D eigenvalue weighted by molar-refractivity contribution is 7.95. The zero-order valence-corrected chi connectivity index (χ0v) is 16.3. The first-order valence-corrected chi connectivity index (χ1v) is 11.5. The van der Waals surface area contributed by atoms with Crippen LogP contribution in [0.2, 0.25) is 0 Å². The van der Waals surface area contributed by atoms with E-state index in [-0.39, 0.29) is 29.1 Å². The topological polar surface area (TPSA) is 35.5 Å². The SMILES string of the molecule is C[S+](C)c1ccc(OCC(=O)OC2(C)C3CC4CC(C3)CC2C4)cc1. The van der Waals surface area contributed by atoms with Crippen LogP contribution in [0.3, 0.4) is 0 Å². The lowest BCUT2D eigenvalue weighted by Crippen LogP contribution is -2.58. The fourth-order valence-electron chi connectivity index (χ4n) is 5.51. The molecule has 4 heteroatoms. The molecule has 0 atom stereocenters. The van der Waals surface area contributed by atoms with E-state index in [1.54, 1.807) is 0 Å². The van der Waals surface area contributed by atoms with Crippen LogP contribution in [-0.4, -0.2) is 30.7 Å². The van der Waals surface area contributed by atoms with Gasteiger partial charge in [-0.15, -0.1) is 0 Å². The molecule has 4 aliphatic carbocycles. The van der Waals surface area contributed by atoms with Gasteiger partial charge in [-0.3, -0.25) is 0 Å². The molecule has 4 bridgehead atoms. The Morgan fingerprint density at radius 2 is 1.60 bits per heavy atom. The predicted molar refractivity (Wildman–Crippen MR) is 101 cm³/mol. The van der Waals surface area contributed by atoms with Crippen molar-refractivity contribution in [1.29, 1.82) is 0 Å². The predicted octanol–water partition coefficient (Wildman–Crippen LogP) is 4.06. The van der Waals surface area contributed by atoms with Crippen LogP contribution in [0, 0.1) is 23.7 Å². The zero-order valence-electron chi connectivity index (χ0n) is 15.5. The molecule has 0 amide bonds. The third-order valence-corrected chi connectivity index (χ3v) is 7.96. The van der Waals surface area contributed by atoms with Gasteiger partial charge in [0.15, 0.2) is 11.5 Å². The van der Waals surface area contributed by atoms with E-state index < -0.39 is 0 Å². The molecule has 0 aliphatic heterocycles. The van der Waals surface area contributed by atoms with Crippen molar-refractivity contribution in [3.05, 3.63) is 24.3 Å². The second kappa shape index (κ2) is 6.53. The molecule has 0 saturated heterocycles. The summed E-state index contributed by atoms with van der Waals surface area (Å²) in [6.45, 7) is 2.18. The van der Waals surface area contributed by atoms with Crippen molar-refractivity contribution in [2.75, 3.05) is 19.1 Å². The lowest BCUT2D eigenvalue weighted by Gasteiger charge is -2.59. The first-order chi connectivity index (χ1) is 11.9. The van der Waals surface area contributed by atoms with E-state index in [9.17, 15) is 4.79 Å². The summed E-state index contributed by atoms with van der Waals surface area (Å²) in [6.07, 6.45) is 10.8. The molecule has 4 aliphatic rings. The summed E-state index contributed by atoms with van der Waals surface area (Å²) in [6, 6.07) is 8.03. The van der Waals surface area contributed by atoms with Gasteiger partial charge in [0.25, 0.3) is 0 Å². The summed E-state index contributed by atoms with van der Waals surface area (Å²) in [7, 11) is 0.240. The second-order valence-electron chi connectivity index (χ2n) is 8.54. The first-order valence-electron chi connectivity index (χ1n) is 9.46. The maximum absolute atomic E-state index is 12.4. The highest BCUT2D eigenvalue weighted by Gasteiger charge is 2.57. The van der Waals surface area contributed by atoms with Crippen molar-refractivity contribution in [2.45, 2.75) is 49.5 Å². The molecule has 5 rings (SSSR count). The largest absolute Gasteiger partial charge is 0.482 e. The van der Waals surface area contributed by atoms with Gasteiger partial charge >= 0.3 is 5.97 Å². The minimum atomic E-state index is -0.267. The van der Waals surface area contributed by atoms with Crippen LogP contribution in [0.25, 0.3) is 0 Å². The van der Waals surface area contributed by atoms with Crippen molar-refractivity contribution in [3.8, 4) is 5.75 Å². The van der Waals surface area contributed by atoms with Crippen LogP contribution in [0.4, 0.5) is 0 Å². The number of benzene rings is 1. The van der Waals surface area contributed by atoms with Gasteiger partial charge in [0.05, 0.1) is 0 Å². The summed E-state index contributed by atoms with van der Waals surface area (Å²) >= 11 is 0. The van der Waals surface area contributed by atoms with Crippen molar-refractivity contribution in [2.24, 2.45) is 23.7 Å². The molecule has 0 heterocycles. The van der Waals surface area contributed by atoms with E-state index in [1.807, 2.05) is 12.1 Å². The molecular weight excluding hydrogens is 332 g/mol. The third kappa shape index (κ3) is 3.30. The lowest BCUT2D eigenvalue weighted by molar-refractivity contribution is -0.204. The Balaban J connectivity index is 1.34. The normalized spacial score (nSPS) is 35.8. The maximum atomic E-state index is 12.4. The smallest absolute Gasteiger partial charge is 0.344 e. The maximum Gasteiger partial charge on any atom is 0.344 e. The second-order valence-corrected chi connectivity index (χ2v) is 10.6. The molecule has 1 aromatic carbocycles. The Labute approximate surface area is 153 Å². The van der Waals surface area contributed by atoms with E-state index in [4.69, 9.17) is 9.47 Å². The monoisotopic (exact) mass is 361 g/mol. The summed E-state index contributed by atoms with van der Waals surface area (Å²) in [5.74, 6) is 3.39. The zero-order chi connectivity index (χ0) is 17.6. The van der Waals surface area contributed by atoms with Crippen LogP contribution in [-0.2, 0) is 20.4 Å². The van der Waals surface area contributed by atoms with Crippen LogP contribution in [0.5, 0.6) is 5.75 Å². The van der Waals surface area contributed by atoms with Crippen LogP contribution >= 0.6 is 0 Å². The van der Waals surface area contributed by atoms with Crippen LogP contribution < -0.4 is 4.74 Å². The van der Waals surface area contributed by atoms with E-state index in [0.717, 1.165) is 17.6 Å². The molecular formula is C21H29O3S+. The van der Waals surface area contributed by atoms with Crippen molar-refractivity contribution < 1.29 is 14.3 Å². The van der Waals surface area contributed by atoms with E-state index in [2.05, 4.69) is 31.6 Å². The average Bonchev–Trinajstić information content (AvgIpc) is 2.58. The molecule has 136 valence electrons. The number of ether oxygens (including phenoxy) is 2. The van der Waals surface area contributed by atoms with E-state index in [0.29, 0.717) is 11.8 Å². The number of carbonyl (C=O) groups excluding carboxylic acids is 1. The van der Waals surface area contributed by atoms with E-state index >= 15 is 0 Å². The van der Waals surface area contributed by atoms with Gasteiger partial charge in [0.2, 0.25) is 0 Å². The summed E-state index contributed by atoms with van der Waals surface area (Å²) in [4.78, 5) is 13.7. The van der Waals surface area contributed by atoms with Crippen LogP contribution in [0.1, 0.15) is 39.0 Å². The molecule has 0 N–H and O–H groups in total. The fraction of sp³-hybridized carbons (Fsp3) is 0.667. The van der Waals surface area contributed by atoms with Gasteiger partial charge in [-0.2, -0.15) is 0 Å². The first kappa shape index (κ1) is 17.3. The van der Waals surface area contributed by atoms with Gasteiger partial charge in [0.1, 0.15) is 23.9 Å². The standard InChI is InChI=1S/C21H29O3S/c1-21(16-9-14-8-15(11-16)12-17(21)10-14)24-20(22)13-23-18-4-6-19(7-5-18)25(2)3/h4-7,14-17H,8-13H2,1-3H3/q+1. The Hall–Kier alpha value is -1.16. The number of hydrogen-bond acceptors (Lipinski definition) is 3. The lowest BCUT2D eigenvalue weighted by atomic mass is 9.50. The molecule has 0 unspecified atom stereocenters. The summed E-state index contributed by atoms with van der Waals surface area (Å²) in [5.41, 5.74) is -0.267. The van der Waals surface area contributed by atoms with Crippen molar-refractivity contribution in [3.63, 3.8) is 0 Å². The molecule has 4 saturated carbocycles. The number of esters is 1. The molecule has 4 fully saturated rings. The summed E-state index contributed by atoms with van der Waals surface area (Å²) in [5, 5.41) is 0. The van der Waals surface area contributed by atoms with Gasteiger partial charge in [-0.25, -0.2) is 4.79 Å². The van der Waals surface area contributed by atoms with Crippen molar-refractivity contribution in [1.82, 2.24) is 0 Å². The Kier molecular flexibility index (Phi) is 4.51. The van der Waals surface area contributed by atoms with Gasteiger partial charge in [-0.05, 0) is 87.0 Å². The third-order valence-electron chi connectivity index (χ3n) is 6.74. The number of hydrogen-bond donors (Lipinski definition) is 0. The summed E-state index contributed by atoms with van der Waals surface area (Å²) < 4.78 is 11.7. The Bertz CT molecular complexity index is 609. The average molecular weight is 362 g/mol. The minimum Gasteiger partial charge on any atom is -0.482 e. The molecule has 3 nitrogen and oxygen atoms in total. The highest BCUT2D eigenvalue weighted by Crippen LogP contribution is 2.59. The molecule has 0 spiro atoms. The Morgan fingerprint density at radius 1 is 1.04 bits per heavy atom. The van der Waals surface area contributed by atoms with Gasteiger partial charge in [-0.1, -0.05) is 0 Å². The molecule has 1 aromatic rings. The number of rotatable bonds is 5. The van der Waals surface area contributed by atoms with Gasteiger partial charge < -0.3 is 9.47 Å². The minimum absolute atomic E-state index is 0.00516. The molecule has 0 radical (unpaired) electrons. The number of carbonyl (C=O) groups is 1. The van der Waals surface area contributed by atoms with Gasteiger partial charge in [0, 0.05) is 10.9 Å². The molecule has 0 aromatic heterocycles. The molecule has 25 heavy (non-hydrogen) atoms. The fourth-order valence-corrected chi connectivity index (χ4v) is 6.19. The van der Waals surface area contributed by atoms with Crippen molar-refractivity contribution >= 4 is 16.9 Å². The Morgan fingerprint density at radius 3 is 2.12 bits per heavy atom.